The number of halogens is 1. The number of ether oxygens (including phenoxy) is 1. The van der Waals surface area contributed by atoms with Crippen molar-refractivity contribution in [2.24, 2.45) is 5.92 Å². The van der Waals surface area contributed by atoms with E-state index in [2.05, 4.69) is 27.7 Å². The minimum atomic E-state index is -0.595. The lowest BCUT2D eigenvalue weighted by Gasteiger charge is -2.29. The van der Waals surface area contributed by atoms with Crippen LogP contribution in [0.1, 0.15) is 32.6 Å². The zero-order chi connectivity index (χ0) is 19.2. The standard InChI is InChI=1S/C18H22ClN5O3/c1-12-4-2-3-5-15(12)20-16(25)11-27-17(26)10-24-22-18(21-23-24)13-6-8-14(19)9-7-13/h6-9,12,15H,2-5,10-11H2,1H3,(H,20,25)/t12-,15+/m0/s1. The maximum Gasteiger partial charge on any atom is 0.330 e. The second-order valence-corrected chi connectivity index (χ2v) is 7.18. The number of nitrogens with zero attached hydrogens (tertiary/aromatic N) is 4. The summed E-state index contributed by atoms with van der Waals surface area (Å²) in [6.45, 7) is 1.61. The smallest absolute Gasteiger partial charge is 0.330 e. The Kier molecular flexibility index (Phi) is 6.39. The molecule has 0 saturated heterocycles. The molecule has 1 aromatic heterocycles. The molecular weight excluding hydrogens is 370 g/mol. The molecule has 0 unspecified atom stereocenters. The average Bonchev–Trinajstić information content (AvgIpc) is 3.11. The van der Waals surface area contributed by atoms with Crippen LogP contribution in [-0.2, 0) is 20.9 Å². The van der Waals surface area contributed by atoms with E-state index in [-0.39, 0.29) is 25.1 Å². The van der Waals surface area contributed by atoms with Crippen LogP contribution in [0.2, 0.25) is 5.02 Å². The second-order valence-electron chi connectivity index (χ2n) is 6.75. The summed E-state index contributed by atoms with van der Waals surface area (Å²) in [6, 6.07) is 7.12. The summed E-state index contributed by atoms with van der Waals surface area (Å²) >= 11 is 5.85. The molecule has 8 nitrogen and oxygen atoms in total. The van der Waals surface area contributed by atoms with Crippen LogP contribution in [0.3, 0.4) is 0 Å². The van der Waals surface area contributed by atoms with Crippen LogP contribution in [0.15, 0.2) is 24.3 Å². The van der Waals surface area contributed by atoms with Gasteiger partial charge in [0.1, 0.15) is 0 Å². The number of hydrogen-bond acceptors (Lipinski definition) is 6. The van der Waals surface area contributed by atoms with Gasteiger partial charge in [-0.15, -0.1) is 10.2 Å². The van der Waals surface area contributed by atoms with E-state index in [1.165, 1.54) is 6.42 Å². The van der Waals surface area contributed by atoms with E-state index in [0.717, 1.165) is 29.6 Å². The molecule has 1 aliphatic carbocycles. The quantitative estimate of drug-likeness (QED) is 0.758. The van der Waals surface area contributed by atoms with Gasteiger partial charge in [0.2, 0.25) is 5.82 Å². The van der Waals surface area contributed by atoms with Gasteiger partial charge in [-0.1, -0.05) is 31.4 Å². The van der Waals surface area contributed by atoms with Crippen LogP contribution in [0.4, 0.5) is 0 Å². The minimum Gasteiger partial charge on any atom is -0.454 e. The fourth-order valence-corrected chi connectivity index (χ4v) is 3.24. The lowest BCUT2D eigenvalue weighted by molar-refractivity contribution is -0.149. The van der Waals surface area contributed by atoms with E-state index in [9.17, 15) is 9.59 Å². The van der Waals surface area contributed by atoms with Crippen molar-refractivity contribution in [1.82, 2.24) is 25.5 Å². The summed E-state index contributed by atoms with van der Waals surface area (Å²) in [5, 5.41) is 15.4. The number of hydrogen-bond donors (Lipinski definition) is 1. The summed E-state index contributed by atoms with van der Waals surface area (Å²) in [6.07, 6.45) is 4.39. The van der Waals surface area contributed by atoms with Crippen LogP contribution >= 0.6 is 11.6 Å². The number of aromatic nitrogens is 4. The Morgan fingerprint density at radius 2 is 2.00 bits per heavy atom. The highest BCUT2D eigenvalue weighted by molar-refractivity contribution is 6.30. The van der Waals surface area contributed by atoms with Crippen molar-refractivity contribution in [1.29, 1.82) is 0 Å². The highest BCUT2D eigenvalue weighted by atomic mass is 35.5. The molecule has 0 spiro atoms. The molecule has 3 rings (SSSR count). The molecule has 1 aliphatic rings. The van der Waals surface area contributed by atoms with E-state index in [1.807, 2.05) is 0 Å². The first-order valence-electron chi connectivity index (χ1n) is 9.00. The average molecular weight is 392 g/mol. The number of carbonyl (C=O) groups excluding carboxylic acids is 2. The number of nitrogens with one attached hydrogen (secondary N) is 1. The van der Waals surface area contributed by atoms with Gasteiger partial charge in [-0.25, -0.2) is 4.79 Å². The van der Waals surface area contributed by atoms with Gasteiger partial charge in [-0.3, -0.25) is 4.79 Å². The number of carbonyl (C=O) groups is 2. The van der Waals surface area contributed by atoms with E-state index in [4.69, 9.17) is 16.3 Å². The maximum absolute atomic E-state index is 12.0. The Labute approximate surface area is 162 Å². The highest BCUT2D eigenvalue weighted by Gasteiger charge is 2.23. The molecule has 144 valence electrons. The van der Waals surface area contributed by atoms with Crippen molar-refractivity contribution in [3.8, 4) is 11.4 Å². The van der Waals surface area contributed by atoms with Gasteiger partial charge in [0, 0.05) is 16.6 Å². The summed E-state index contributed by atoms with van der Waals surface area (Å²) in [5.74, 6) is -0.0510. The van der Waals surface area contributed by atoms with Crippen LogP contribution in [-0.4, -0.2) is 44.7 Å². The van der Waals surface area contributed by atoms with Gasteiger partial charge in [-0.05, 0) is 48.2 Å². The lowest BCUT2D eigenvalue weighted by atomic mass is 9.86. The molecule has 1 heterocycles. The van der Waals surface area contributed by atoms with E-state index >= 15 is 0 Å². The third-order valence-corrected chi connectivity index (χ3v) is 4.90. The van der Waals surface area contributed by atoms with Gasteiger partial charge in [0.15, 0.2) is 13.2 Å². The van der Waals surface area contributed by atoms with Crippen molar-refractivity contribution < 1.29 is 14.3 Å². The normalized spacial score (nSPS) is 19.5. The molecular formula is C18H22ClN5O3. The number of benzene rings is 1. The fraction of sp³-hybridized carbons (Fsp3) is 0.500. The Morgan fingerprint density at radius 3 is 2.74 bits per heavy atom. The molecule has 9 heteroatoms. The SMILES string of the molecule is C[C@H]1CCCC[C@H]1NC(=O)COC(=O)Cn1nnc(-c2ccc(Cl)cc2)n1. The number of tetrazole rings is 1. The fourth-order valence-electron chi connectivity index (χ4n) is 3.11. The van der Waals surface area contributed by atoms with Crippen LogP contribution in [0, 0.1) is 5.92 Å². The van der Waals surface area contributed by atoms with Gasteiger partial charge >= 0.3 is 5.97 Å². The van der Waals surface area contributed by atoms with Crippen molar-refractivity contribution in [2.75, 3.05) is 6.61 Å². The third kappa shape index (κ3) is 5.50. The lowest BCUT2D eigenvalue weighted by Crippen LogP contribution is -2.43. The molecule has 0 bridgehead atoms. The summed E-state index contributed by atoms with van der Waals surface area (Å²) in [7, 11) is 0. The summed E-state index contributed by atoms with van der Waals surface area (Å²) in [5.41, 5.74) is 0.736. The molecule has 27 heavy (non-hydrogen) atoms. The molecule has 0 radical (unpaired) electrons. The first kappa shape index (κ1) is 19.3. The largest absolute Gasteiger partial charge is 0.454 e. The maximum atomic E-state index is 12.0. The third-order valence-electron chi connectivity index (χ3n) is 4.65. The van der Waals surface area contributed by atoms with Crippen LogP contribution in [0.5, 0.6) is 0 Å². The Hall–Kier alpha value is -2.48. The highest BCUT2D eigenvalue weighted by Crippen LogP contribution is 2.23. The molecule has 1 amide bonds. The zero-order valence-electron chi connectivity index (χ0n) is 15.1. The van der Waals surface area contributed by atoms with Gasteiger partial charge in [0.25, 0.3) is 5.91 Å². The van der Waals surface area contributed by atoms with Crippen molar-refractivity contribution in [3.63, 3.8) is 0 Å². The van der Waals surface area contributed by atoms with E-state index < -0.39 is 5.97 Å². The van der Waals surface area contributed by atoms with Gasteiger partial charge < -0.3 is 10.1 Å². The van der Waals surface area contributed by atoms with E-state index in [0.29, 0.717) is 16.8 Å². The van der Waals surface area contributed by atoms with Crippen LogP contribution in [0.25, 0.3) is 11.4 Å². The molecule has 2 atom stereocenters. The van der Waals surface area contributed by atoms with Gasteiger partial charge in [0.05, 0.1) is 0 Å². The molecule has 1 saturated carbocycles. The first-order chi connectivity index (χ1) is 13.0. The summed E-state index contributed by atoms with van der Waals surface area (Å²) < 4.78 is 5.02. The Bertz CT molecular complexity index is 793. The topological polar surface area (TPSA) is 99.0 Å². The molecule has 2 aromatic rings. The molecule has 0 aliphatic heterocycles. The molecule has 1 N–H and O–H groups in total. The minimum absolute atomic E-state index is 0.156. The predicted molar refractivity (Wildman–Crippen MR) is 98.8 cm³/mol. The Balaban J connectivity index is 1.45. The van der Waals surface area contributed by atoms with E-state index in [1.54, 1.807) is 24.3 Å². The second kappa shape index (κ2) is 8.94. The Morgan fingerprint density at radius 1 is 1.26 bits per heavy atom. The monoisotopic (exact) mass is 391 g/mol. The van der Waals surface area contributed by atoms with Gasteiger partial charge in [-0.2, -0.15) is 4.80 Å². The zero-order valence-corrected chi connectivity index (χ0v) is 15.9. The summed E-state index contributed by atoms with van der Waals surface area (Å²) in [4.78, 5) is 25.0. The number of rotatable bonds is 6. The van der Waals surface area contributed by atoms with Crippen molar-refractivity contribution in [3.05, 3.63) is 29.3 Å². The van der Waals surface area contributed by atoms with Crippen molar-refractivity contribution >= 4 is 23.5 Å². The first-order valence-corrected chi connectivity index (χ1v) is 9.38. The number of esters is 1. The molecule has 1 fully saturated rings. The van der Waals surface area contributed by atoms with Crippen LogP contribution < -0.4 is 5.32 Å². The molecule has 1 aromatic carbocycles. The number of amides is 1. The predicted octanol–water partition coefficient (Wildman–Crippen LogP) is 2.23. The van der Waals surface area contributed by atoms with Crippen molar-refractivity contribution in [2.45, 2.75) is 45.2 Å².